The Bertz CT molecular complexity index is 350. The molecule has 1 N–H and O–H groups in total. The molecule has 3 heteroatoms. The van der Waals surface area contributed by atoms with Gasteiger partial charge in [-0.05, 0) is 42.5 Å². The third kappa shape index (κ3) is 6.42. The lowest BCUT2D eigenvalue weighted by atomic mass is 9.88. The summed E-state index contributed by atoms with van der Waals surface area (Å²) in [6.45, 7) is 8.44. The first-order valence-corrected chi connectivity index (χ1v) is 7.37. The average Bonchev–Trinajstić information content (AvgIpc) is 2.36. The van der Waals surface area contributed by atoms with Crippen molar-refractivity contribution >= 4 is 11.6 Å². The Morgan fingerprint density at radius 2 is 1.79 bits per heavy atom. The van der Waals surface area contributed by atoms with E-state index in [1.807, 2.05) is 12.1 Å². The zero-order valence-corrected chi connectivity index (χ0v) is 13.2. The number of rotatable bonds is 8. The van der Waals surface area contributed by atoms with E-state index >= 15 is 0 Å². The molecule has 0 aliphatic rings. The van der Waals surface area contributed by atoms with Crippen molar-refractivity contribution in [1.82, 2.24) is 5.32 Å². The number of hydrogen-bond acceptors (Lipinski definition) is 2. The van der Waals surface area contributed by atoms with E-state index < -0.39 is 0 Å². The van der Waals surface area contributed by atoms with Crippen molar-refractivity contribution in [3.8, 4) is 0 Å². The highest BCUT2D eigenvalue weighted by atomic mass is 35.5. The van der Waals surface area contributed by atoms with Crippen LogP contribution in [-0.4, -0.2) is 26.3 Å². The van der Waals surface area contributed by atoms with Crippen LogP contribution >= 0.6 is 11.6 Å². The molecule has 108 valence electrons. The van der Waals surface area contributed by atoms with Crippen LogP contribution in [-0.2, 0) is 11.2 Å². The van der Waals surface area contributed by atoms with Crippen LogP contribution < -0.4 is 5.32 Å². The molecule has 0 aliphatic heterocycles. The lowest BCUT2D eigenvalue weighted by Crippen LogP contribution is -2.34. The van der Waals surface area contributed by atoms with Crippen molar-refractivity contribution in [2.24, 2.45) is 11.8 Å². The Morgan fingerprint density at radius 1 is 1.16 bits per heavy atom. The number of ether oxygens (including phenoxy) is 1. The van der Waals surface area contributed by atoms with E-state index in [4.69, 9.17) is 16.3 Å². The molecule has 2 atom stereocenters. The fraction of sp³-hybridized carbons (Fsp3) is 0.625. The summed E-state index contributed by atoms with van der Waals surface area (Å²) >= 11 is 5.93. The highest BCUT2D eigenvalue weighted by Crippen LogP contribution is 2.19. The largest absolute Gasteiger partial charge is 0.384 e. The summed E-state index contributed by atoms with van der Waals surface area (Å²) in [6.07, 6.45) is 1.06. The molecule has 1 aromatic rings. The molecule has 0 radical (unpaired) electrons. The normalized spacial score (nSPS) is 14.6. The molecule has 2 nitrogen and oxygen atoms in total. The molecular formula is C16H26ClNO. The van der Waals surface area contributed by atoms with E-state index in [0.29, 0.717) is 17.9 Å². The Hall–Kier alpha value is -0.570. The van der Waals surface area contributed by atoms with Gasteiger partial charge in [0.2, 0.25) is 0 Å². The second kappa shape index (κ2) is 8.57. The molecule has 0 fully saturated rings. The van der Waals surface area contributed by atoms with Crippen molar-refractivity contribution in [1.29, 1.82) is 0 Å². The number of methoxy groups -OCH3 is 1. The van der Waals surface area contributed by atoms with Crippen LogP contribution in [0.5, 0.6) is 0 Å². The third-order valence-electron chi connectivity index (χ3n) is 3.43. The lowest BCUT2D eigenvalue weighted by molar-refractivity contribution is 0.127. The predicted octanol–water partition coefficient (Wildman–Crippen LogP) is 3.78. The minimum Gasteiger partial charge on any atom is -0.384 e. The highest BCUT2D eigenvalue weighted by Gasteiger charge is 2.18. The van der Waals surface area contributed by atoms with Crippen LogP contribution in [0.25, 0.3) is 0 Å². The molecule has 0 aromatic heterocycles. The number of halogens is 1. The Balaban J connectivity index is 2.64. The van der Waals surface area contributed by atoms with Crippen molar-refractivity contribution in [2.75, 3.05) is 20.3 Å². The summed E-state index contributed by atoms with van der Waals surface area (Å²) in [5.41, 5.74) is 1.34. The molecule has 0 heterocycles. The van der Waals surface area contributed by atoms with Crippen LogP contribution in [0, 0.1) is 11.8 Å². The fourth-order valence-electron chi connectivity index (χ4n) is 2.18. The molecule has 0 aliphatic carbocycles. The van der Waals surface area contributed by atoms with Gasteiger partial charge in [-0.3, -0.25) is 0 Å². The quantitative estimate of drug-likeness (QED) is 0.784. The monoisotopic (exact) mass is 283 g/mol. The first kappa shape index (κ1) is 16.5. The number of benzene rings is 1. The molecule has 0 spiro atoms. The van der Waals surface area contributed by atoms with E-state index in [9.17, 15) is 0 Å². The predicted molar refractivity (Wildman–Crippen MR) is 82.8 cm³/mol. The van der Waals surface area contributed by atoms with Crippen molar-refractivity contribution in [3.63, 3.8) is 0 Å². The van der Waals surface area contributed by atoms with Crippen molar-refractivity contribution in [2.45, 2.75) is 33.2 Å². The van der Waals surface area contributed by atoms with Gasteiger partial charge < -0.3 is 10.1 Å². The maximum Gasteiger partial charge on any atom is 0.0491 e. The van der Waals surface area contributed by atoms with Gasteiger partial charge in [-0.2, -0.15) is 0 Å². The van der Waals surface area contributed by atoms with E-state index in [2.05, 4.69) is 38.2 Å². The van der Waals surface area contributed by atoms with E-state index in [-0.39, 0.29) is 0 Å². The van der Waals surface area contributed by atoms with E-state index in [1.54, 1.807) is 7.11 Å². The van der Waals surface area contributed by atoms with Gasteiger partial charge in [0.25, 0.3) is 0 Å². The van der Waals surface area contributed by atoms with Gasteiger partial charge in [0.15, 0.2) is 0 Å². The van der Waals surface area contributed by atoms with Crippen LogP contribution in [0.2, 0.25) is 5.02 Å². The Kier molecular flexibility index (Phi) is 7.44. The zero-order chi connectivity index (χ0) is 14.3. The van der Waals surface area contributed by atoms with Gasteiger partial charge in [-0.1, -0.05) is 44.5 Å². The summed E-state index contributed by atoms with van der Waals surface area (Å²) < 4.78 is 5.30. The zero-order valence-electron chi connectivity index (χ0n) is 12.4. The van der Waals surface area contributed by atoms with Gasteiger partial charge in [-0.25, -0.2) is 0 Å². The SMILES string of the molecule is COCC(C)C(CNC(C)C)Cc1ccc(Cl)cc1. The van der Waals surface area contributed by atoms with Crippen molar-refractivity contribution in [3.05, 3.63) is 34.9 Å². The maximum atomic E-state index is 5.93. The third-order valence-corrected chi connectivity index (χ3v) is 3.69. The molecule has 0 amide bonds. The maximum absolute atomic E-state index is 5.93. The van der Waals surface area contributed by atoms with Gasteiger partial charge in [-0.15, -0.1) is 0 Å². The summed E-state index contributed by atoms with van der Waals surface area (Å²) in [7, 11) is 1.77. The van der Waals surface area contributed by atoms with Gasteiger partial charge in [0.1, 0.15) is 0 Å². The molecule has 0 saturated carbocycles. The second-order valence-corrected chi connectivity index (χ2v) is 6.02. The standard InChI is InChI=1S/C16H26ClNO/c1-12(2)18-10-15(13(3)11-19-4)9-14-5-7-16(17)8-6-14/h5-8,12-13,15,18H,9-11H2,1-4H3. The van der Waals surface area contributed by atoms with Gasteiger partial charge >= 0.3 is 0 Å². The summed E-state index contributed by atoms with van der Waals surface area (Å²) in [6, 6.07) is 8.67. The summed E-state index contributed by atoms with van der Waals surface area (Å²) in [4.78, 5) is 0. The molecule has 2 unspecified atom stereocenters. The molecule has 1 rings (SSSR count). The van der Waals surface area contributed by atoms with Crippen LogP contribution in [0.1, 0.15) is 26.3 Å². The van der Waals surface area contributed by atoms with Crippen LogP contribution in [0.3, 0.4) is 0 Å². The second-order valence-electron chi connectivity index (χ2n) is 5.59. The van der Waals surface area contributed by atoms with Crippen LogP contribution in [0.15, 0.2) is 24.3 Å². The van der Waals surface area contributed by atoms with Crippen molar-refractivity contribution < 1.29 is 4.74 Å². The van der Waals surface area contributed by atoms with E-state index in [1.165, 1.54) is 5.56 Å². The summed E-state index contributed by atoms with van der Waals surface area (Å²) in [5, 5.41) is 4.33. The summed E-state index contributed by atoms with van der Waals surface area (Å²) in [5.74, 6) is 1.11. The molecular weight excluding hydrogens is 258 g/mol. The van der Waals surface area contributed by atoms with Crippen LogP contribution in [0.4, 0.5) is 0 Å². The topological polar surface area (TPSA) is 21.3 Å². The lowest BCUT2D eigenvalue weighted by Gasteiger charge is -2.25. The number of hydrogen-bond donors (Lipinski definition) is 1. The van der Waals surface area contributed by atoms with E-state index in [0.717, 1.165) is 24.6 Å². The molecule has 0 saturated heterocycles. The van der Waals surface area contributed by atoms with Gasteiger partial charge in [0.05, 0.1) is 0 Å². The minimum absolute atomic E-state index is 0.516. The number of nitrogens with one attached hydrogen (secondary N) is 1. The average molecular weight is 284 g/mol. The molecule has 19 heavy (non-hydrogen) atoms. The minimum atomic E-state index is 0.516. The highest BCUT2D eigenvalue weighted by molar-refractivity contribution is 6.30. The molecule has 1 aromatic carbocycles. The molecule has 0 bridgehead atoms. The van der Waals surface area contributed by atoms with Gasteiger partial charge in [0, 0.05) is 24.8 Å². The fourth-order valence-corrected chi connectivity index (χ4v) is 2.31. The smallest absolute Gasteiger partial charge is 0.0491 e. The Morgan fingerprint density at radius 3 is 2.32 bits per heavy atom. The first-order valence-electron chi connectivity index (χ1n) is 6.99. The Labute approximate surface area is 122 Å². The first-order chi connectivity index (χ1) is 9.02.